The van der Waals surface area contributed by atoms with Crippen molar-refractivity contribution >= 4 is 28.5 Å². The van der Waals surface area contributed by atoms with Gasteiger partial charge in [0.1, 0.15) is 5.60 Å². The number of fused-ring (bicyclic) bond motifs is 1. The van der Waals surface area contributed by atoms with Gasteiger partial charge in [0.2, 0.25) is 0 Å². The Morgan fingerprint density at radius 1 is 0.943 bits per heavy atom. The number of anilines is 1. The lowest BCUT2D eigenvalue weighted by atomic mass is 10.0. The maximum Gasteiger partial charge on any atom is 0.407 e. The SMILES string of the molecule is CC(C)(C)OC(=O)NCc1ccc(C(=O)Nc2cccc(-c3n[nH]c(=O)c4ccccc34)c2)cc1. The van der Waals surface area contributed by atoms with Gasteiger partial charge in [0.15, 0.2) is 0 Å². The molecule has 1 aromatic heterocycles. The molecule has 8 heteroatoms. The first-order valence-electron chi connectivity index (χ1n) is 11.1. The third-order valence-electron chi connectivity index (χ3n) is 5.14. The van der Waals surface area contributed by atoms with Crippen LogP contribution in [0.5, 0.6) is 0 Å². The molecule has 0 bridgehead atoms. The number of amides is 2. The molecule has 3 aromatic carbocycles. The van der Waals surface area contributed by atoms with Crippen LogP contribution in [0.2, 0.25) is 0 Å². The average Bonchev–Trinajstić information content (AvgIpc) is 2.82. The van der Waals surface area contributed by atoms with E-state index in [1.807, 2.05) is 30.3 Å². The quantitative estimate of drug-likeness (QED) is 0.385. The Balaban J connectivity index is 1.45. The van der Waals surface area contributed by atoms with E-state index in [2.05, 4.69) is 20.8 Å². The smallest absolute Gasteiger partial charge is 0.407 e. The number of benzene rings is 3. The second-order valence-corrected chi connectivity index (χ2v) is 9.03. The van der Waals surface area contributed by atoms with E-state index in [-0.39, 0.29) is 11.5 Å². The van der Waals surface area contributed by atoms with Crippen LogP contribution in [-0.2, 0) is 11.3 Å². The zero-order valence-electron chi connectivity index (χ0n) is 19.7. The van der Waals surface area contributed by atoms with Gasteiger partial charge >= 0.3 is 6.09 Å². The van der Waals surface area contributed by atoms with Crippen LogP contribution in [-0.4, -0.2) is 27.8 Å². The number of aromatic amines is 1. The molecular formula is C27H26N4O4. The van der Waals surface area contributed by atoms with Crippen LogP contribution in [0.1, 0.15) is 36.7 Å². The van der Waals surface area contributed by atoms with Crippen LogP contribution in [0.3, 0.4) is 0 Å². The van der Waals surface area contributed by atoms with Crippen molar-refractivity contribution in [1.29, 1.82) is 0 Å². The zero-order chi connectivity index (χ0) is 25.0. The predicted octanol–water partition coefficient (Wildman–Crippen LogP) is 4.87. The number of H-pyrrole nitrogens is 1. The maximum atomic E-state index is 12.8. The largest absolute Gasteiger partial charge is 0.444 e. The molecule has 8 nitrogen and oxygen atoms in total. The fraction of sp³-hybridized carbons (Fsp3) is 0.185. The molecule has 0 aliphatic carbocycles. The number of ether oxygens (including phenoxy) is 1. The monoisotopic (exact) mass is 470 g/mol. The van der Waals surface area contributed by atoms with E-state index in [4.69, 9.17) is 4.74 Å². The van der Waals surface area contributed by atoms with E-state index in [0.717, 1.165) is 16.5 Å². The summed E-state index contributed by atoms with van der Waals surface area (Å²) in [5.41, 5.74) is 2.48. The summed E-state index contributed by atoms with van der Waals surface area (Å²) < 4.78 is 5.22. The molecule has 0 atom stereocenters. The minimum absolute atomic E-state index is 0.251. The standard InChI is InChI=1S/C27H26N4O4/c1-27(2,3)35-26(34)28-16-17-11-13-18(14-12-17)24(32)29-20-8-6-7-19(15-20)23-21-9-4-5-10-22(21)25(33)31-30-23/h4-15H,16H2,1-3H3,(H,28,34)(H,29,32)(H,31,33). The Labute approximate surface area is 202 Å². The zero-order valence-corrected chi connectivity index (χ0v) is 19.7. The van der Waals surface area contributed by atoms with Crippen molar-refractivity contribution in [3.05, 3.63) is 94.3 Å². The summed E-state index contributed by atoms with van der Waals surface area (Å²) in [5.74, 6) is -0.270. The minimum Gasteiger partial charge on any atom is -0.444 e. The lowest BCUT2D eigenvalue weighted by Crippen LogP contribution is -2.32. The maximum absolute atomic E-state index is 12.8. The Morgan fingerprint density at radius 2 is 1.66 bits per heavy atom. The third-order valence-corrected chi connectivity index (χ3v) is 5.14. The number of nitrogens with zero attached hydrogens (tertiary/aromatic N) is 1. The molecule has 0 fully saturated rings. The Bertz CT molecular complexity index is 1440. The Kier molecular flexibility index (Phi) is 6.64. The number of carbonyl (C=O) groups is 2. The molecule has 178 valence electrons. The van der Waals surface area contributed by atoms with Gasteiger partial charge in [-0.05, 0) is 56.7 Å². The fourth-order valence-electron chi connectivity index (χ4n) is 3.54. The van der Waals surface area contributed by atoms with Crippen LogP contribution in [0.25, 0.3) is 22.0 Å². The molecule has 0 spiro atoms. The predicted molar refractivity (Wildman–Crippen MR) is 135 cm³/mol. The highest BCUT2D eigenvalue weighted by molar-refractivity contribution is 6.04. The van der Waals surface area contributed by atoms with Crippen molar-refractivity contribution in [1.82, 2.24) is 15.5 Å². The highest BCUT2D eigenvalue weighted by Gasteiger charge is 2.16. The summed E-state index contributed by atoms with van der Waals surface area (Å²) in [6.45, 7) is 5.69. The van der Waals surface area contributed by atoms with Gasteiger partial charge < -0.3 is 15.4 Å². The van der Waals surface area contributed by atoms with Gasteiger partial charge in [-0.2, -0.15) is 5.10 Å². The highest BCUT2D eigenvalue weighted by atomic mass is 16.6. The average molecular weight is 471 g/mol. The molecule has 35 heavy (non-hydrogen) atoms. The number of hydrogen-bond acceptors (Lipinski definition) is 5. The molecule has 4 aromatic rings. The highest BCUT2D eigenvalue weighted by Crippen LogP contribution is 2.26. The van der Waals surface area contributed by atoms with Crippen LogP contribution >= 0.6 is 0 Å². The van der Waals surface area contributed by atoms with Gasteiger partial charge in [-0.25, -0.2) is 9.89 Å². The molecule has 0 aliphatic heterocycles. The summed E-state index contributed by atoms with van der Waals surface area (Å²) in [5, 5.41) is 13.6. The van der Waals surface area contributed by atoms with Crippen LogP contribution in [0.15, 0.2) is 77.6 Å². The topological polar surface area (TPSA) is 113 Å². The van der Waals surface area contributed by atoms with Crippen molar-refractivity contribution < 1.29 is 14.3 Å². The molecule has 0 saturated heterocycles. The molecule has 3 N–H and O–H groups in total. The van der Waals surface area contributed by atoms with Gasteiger partial charge in [0, 0.05) is 28.7 Å². The first-order chi connectivity index (χ1) is 16.7. The molecule has 0 unspecified atom stereocenters. The second-order valence-electron chi connectivity index (χ2n) is 9.03. The summed E-state index contributed by atoms with van der Waals surface area (Å²) >= 11 is 0. The van der Waals surface area contributed by atoms with Crippen molar-refractivity contribution in [2.75, 3.05) is 5.32 Å². The van der Waals surface area contributed by atoms with Crippen molar-refractivity contribution in [3.63, 3.8) is 0 Å². The Morgan fingerprint density at radius 3 is 2.37 bits per heavy atom. The van der Waals surface area contributed by atoms with Gasteiger partial charge in [-0.3, -0.25) is 9.59 Å². The lowest BCUT2D eigenvalue weighted by Gasteiger charge is -2.19. The first kappa shape index (κ1) is 23.7. The summed E-state index contributed by atoms with van der Waals surface area (Å²) in [4.78, 5) is 36.7. The molecule has 2 amide bonds. The Hall–Kier alpha value is -4.46. The van der Waals surface area contributed by atoms with Crippen LogP contribution in [0, 0.1) is 0 Å². The normalized spacial score (nSPS) is 11.2. The number of aromatic nitrogens is 2. The molecular weight excluding hydrogens is 444 g/mol. The fourth-order valence-corrected chi connectivity index (χ4v) is 3.54. The van der Waals surface area contributed by atoms with E-state index in [0.29, 0.717) is 28.9 Å². The van der Waals surface area contributed by atoms with Gasteiger partial charge in [0.05, 0.1) is 11.1 Å². The van der Waals surface area contributed by atoms with E-state index < -0.39 is 11.7 Å². The number of hydrogen-bond donors (Lipinski definition) is 3. The van der Waals surface area contributed by atoms with Crippen LogP contribution < -0.4 is 16.2 Å². The minimum atomic E-state index is -0.565. The van der Waals surface area contributed by atoms with Gasteiger partial charge in [-0.1, -0.05) is 42.5 Å². The molecule has 0 saturated carbocycles. The molecule has 0 radical (unpaired) electrons. The second kappa shape index (κ2) is 9.80. The number of carbonyl (C=O) groups excluding carboxylic acids is 2. The summed E-state index contributed by atoms with van der Waals surface area (Å²) in [7, 11) is 0. The van der Waals surface area contributed by atoms with E-state index >= 15 is 0 Å². The number of nitrogens with one attached hydrogen (secondary N) is 3. The first-order valence-corrected chi connectivity index (χ1v) is 11.1. The molecule has 4 rings (SSSR count). The van der Waals surface area contributed by atoms with Gasteiger partial charge in [0.25, 0.3) is 11.5 Å². The van der Waals surface area contributed by atoms with Crippen molar-refractivity contribution in [2.24, 2.45) is 0 Å². The summed E-state index contributed by atoms with van der Waals surface area (Å²) in [6, 6.07) is 21.5. The van der Waals surface area contributed by atoms with Crippen LogP contribution in [0.4, 0.5) is 10.5 Å². The van der Waals surface area contributed by atoms with E-state index in [1.54, 1.807) is 63.2 Å². The van der Waals surface area contributed by atoms with E-state index in [9.17, 15) is 14.4 Å². The third kappa shape index (κ3) is 5.92. The van der Waals surface area contributed by atoms with Crippen molar-refractivity contribution in [3.8, 4) is 11.3 Å². The molecule has 1 heterocycles. The van der Waals surface area contributed by atoms with E-state index in [1.165, 1.54) is 0 Å². The van der Waals surface area contributed by atoms with Crippen molar-refractivity contribution in [2.45, 2.75) is 32.9 Å². The number of alkyl carbamates (subject to hydrolysis) is 1. The summed E-state index contributed by atoms with van der Waals surface area (Å²) in [6.07, 6.45) is -0.496. The lowest BCUT2D eigenvalue weighted by molar-refractivity contribution is 0.0523. The molecule has 0 aliphatic rings. The van der Waals surface area contributed by atoms with Gasteiger partial charge in [-0.15, -0.1) is 0 Å². The number of rotatable bonds is 5.